The number of thioether (sulfide) groups is 1. The minimum absolute atomic E-state index is 0. The first-order chi connectivity index (χ1) is 13.0. The van der Waals surface area contributed by atoms with Gasteiger partial charge in [-0.1, -0.05) is 0 Å². The molecule has 0 fully saturated rings. The second-order valence-corrected chi connectivity index (χ2v) is 6.98. The summed E-state index contributed by atoms with van der Waals surface area (Å²) in [6.45, 7) is 4.26. The Morgan fingerprint density at radius 1 is 1.21 bits per heavy atom. The van der Waals surface area contributed by atoms with E-state index in [0.717, 1.165) is 0 Å². The molecule has 1 atom stereocenters. The molecule has 0 radical (unpaired) electrons. The Morgan fingerprint density at radius 2 is 1.83 bits per heavy atom. The number of aliphatic imine (C=N–C) groups is 1. The van der Waals surface area contributed by atoms with Crippen LogP contribution in [0.15, 0.2) is 23.2 Å². The molecule has 0 saturated heterocycles. The number of hydrogen-bond donors (Lipinski definition) is 1. The van der Waals surface area contributed by atoms with Gasteiger partial charge in [-0.15, -0.1) is 11.8 Å². The zero-order valence-corrected chi connectivity index (χ0v) is 18.8. The first-order valence-corrected chi connectivity index (χ1v) is 9.49. The second-order valence-electron chi connectivity index (χ2n) is 6.01. The predicted octanol–water partition coefficient (Wildman–Crippen LogP) is -0.105. The maximum absolute atomic E-state index is 11.2. The fourth-order valence-corrected chi connectivity index (χ4v) is 3.40. The summed E-state index contributed by atoms with van der Waals surface area (Å²) in [7, 11) is 1.62. The van der Waals surface area contributed by atoms with Crippen molar-refractivity contribution in [3.8, 4) is 11.5 Å². The van der Waals surface area contributed by atoms with Crippen LogP contribution in [0.1, 0.15) is 12.5 Å². The van der Waals surface area contributed by atoms with Gasteiger partial charge in [0.05, 0.1) is 39.0 Å². The molecule has 0 spiro atoms. The van der Waals surface area contributed by atoms with Crippen LogP contribution in [0.5, 0.6) is 11.5 Å². The minimum Gasteiger partial charge on any atom is -0.870 e. The molecular weight excluding hydrogens is 415 g/mol. The van der Waals surface area contributed by atoms with Crippen LogP contribution in [0.25, 0.3) is 0 Å². The summed E-state index contributed by atoms with van der Waals surface area (Å²) in [6.07, 6.45) is 0. The topological polar surface area (TPSA) is 140 Å². The number of benzene rings is 1. The van der Waals surface area contributed by atoms with Crippen LogP contribution in [0, 0.1) is 0 Å². The van der Waals surface area contributed by atoms with Crippen molar-refractivity contribution >= 4 is 45.8 Å². The van der Waals surface area contributed by atoms with E-state index >= 15 is 0 Å². The van der Waals surface area contributed by atoms with Crippen LogP contribution in [-0.4, -0.2) is 103 Å². The molecule has 9 nitrogen and oxygen atoms in total. The summed E-state index contributed by atoms with van der Waals surface area (Å²) in [5, 5.41) is 21.8. The summed E-state index contributed by atoms with van der Waals surface area (Å²) in [4.78, 5) is 15.3. The van der Waals surface area contributed by atoms with E-state index in [2.05, 4.69) is 4.99 Å². The Labute approximate surface area is 190 Å². The molecule has 158 valence electrons. The summed E-state index contributed by atoms with van der Waals surface area (Å²) in [5.74, 6) is -0.487. The van der Waals surface area contributed by atoms with Crippen molar-refractivity contribution in [3.63, 3.8) is 0 Å². The maximum atomic E-state index is 11.2. The molecule has 0 saturated carbocycles. The van der Waals surface area contributed by atoms with Gasteiger partial charge in [-0.25, -0.2) is 0 Å². The number of carboxylic acid groups (broad SMARTS) is 1. The maximum Gasteiger partial charge on any atom is 2.00 e. The van der Waals surface area contributed by atoms with Gasteiger partial charge in [-0.3, -0.25) is 4.99 Å². The Bertz CT molecular complexity index is 675. The number of phenols is 1. The summed E-state index contributed by atoms with van der Waals surface area (Å²) in [5.41, 5.74) is -0.798. The van der Waals surface area contributed by atoms with Gasteiger partial charge < -0.3 is 39.4 Å². The molecule has 0 unspecified atom stereocenters. The monoisotopic (exact) mass is 439 g/mol. The molecule has 1 aromatic rings. The van der Waals surface area contributed by atoms with Gasteiger partial charge >= 0.3 is 23.1 Å². The van der Waals surface area contributed by atoms with E-state index in [-0.39, 0.29) is 40.0 Å². The third-order valence-corrected chi connectivity index (χ3v) is 5.07. The van der Waals surface area contributed by atoms with Crippen LogP contribution >= 0.6 is 11.8 Å². The Morgan fingerprint density at radius 3 is 2.38 bits per heavy atom. The Balaban J connectivity index is 0.00000392. The fourth-order valence-electron chi connectivity index (χ4n) is 2.20. The number of rotatable bonds is 12. The van der Waals surface area contributed by atoms with E-state index in [9.17, 15) is 15.0 Å². The first-order valence-electron chi connectivity index (χ1n) is 8.51. The number of nitrogens with zero attached hydrogens (tertiary/aromatic N) is 1. The average molecular weight is 440 g/mol. The van der Waals surface area contributed by atoms with Gasteiger partial charge in [-0.05, 0) is 19.1 Å². The zero-order chi connectivity index (χ0) is 19.7. The number of hydrogen-bond acceptors (Lipinski definition) is 10. The predicted molar refractivity (Wildman–Crippen MR) is 107 cm³/mol. The summed E-state index contributed by atoms with van der Waals surface area (Å²) in [6, 6.07) is 4.82. The van der Waals surface area contributed by atoms with Crippen LogP contribution in [0.2, 0.25) is 0 Å². The van der Waals surface area contributed by atoms with E-state index in [4.69, 9.17) is 18.9 Å². The number of carboxylic acids is 1. The quantitative estimate of drug-likeness (QED) is 0.349. The van der Waals surface area contributed by atoms with E-state index in [1.54, 1.807) is 19.2 Å². The average Bonchev–Trinajstić information content (AvgIpc) is 3.04. The van der Waals surface area contributed by atoms with Crippen molar-refractivity contribution in [3.05, 3.63) is 23.8 Å². The Hall–Kier alpha value is -1.08. The van der Waals surface area contributed by atoms with Crippen LogP contribution in [0.4, 0.5) is 0 Å². The van der Waals surface area contributed by atoms with Gasteiger partial charge in [0.1, 0.15) is 28.7 Å². The van der Waals surface area contributed by atoms with E-state index < -0.39 is 11.5 Å². The van der Waals surface area contributed by atoms with Crippen molar-refractivity contribution in [1.29, 1.82) is 0 Å². The van der Waals surface area contributed by atoms with Gasteiger partial charge in [-0.2, -0.15) is 0 Å². The van der Waals surface area contributed by atoms with E-state index in [1.165, 1.54) is 24.8 Å². The largest absolute Gasteiger partial charge is 2.00 e. The minimum atomic E-state index is -1.27. The van der Waals surface area contributed by atoms with Crippen LogP contribution in [-0.2, 0) is 19.0 Å². The van der Waals surface area contributed by atoms with Gasteiger partial charge in [0.2, 0.25) is 0 Å². The third-order valence-electron chi connectivity index (χ3n) is 3.78. The van der Waals surface area contributed by atoms with Gasteiger partial charge in [0, 0.05) is 24.5 Å². The summed E-state index contributed by atoms with van der Waals surface area (Å²) < 4.78 is 21.0. The number of aromatic hydroxyl groups is 1. The molecule has 1 aliphatic heterocycles. The molecule has 0 aliphatic carbocycles. The molecule has 11 heteroatoms. The summed E-state index contributed by atoms with van der Waals surface area (Å²) >= 11 is 1.27. The number of carbonyl (C=O) groups excluding carboxylic acids is 1. The van der Waals surface area contributed by atoms with Gasteiger partial charge in [0.15, 0.2) is 0 Å². The van der Waals surface area contributed by atoms with E-state index in [1.807, 2.05) is 0 Å². The number of aliphatic carboxylic acids is 1. The van der Waals surface area contributed by atoms with Crippen molar-refractivity contribution in [2.45, 2.75) is 12.5 Å². The molecule has 0 amide bonds. The molecule has 0 bridgehead atoms. The fraction of sp³-hybridized carbons (Fsp3) is 0.556. The smallest absolute Gasteiger partial charge is 0.870 e. The molecule has 1 aromatic carbocycles. The number of phenolic OH excluding ortho intramolecular Hbond substituents is 1. The molecule has 1 aliphatic rings. The van der Waals surface area contributed by atoms with Crippen molar-refractivity contribution in [1.82, 2.24) is 0 Å². The van der Waals surface area contributed by atoms with Crippen molar-refractivity contribution in [2.24, 2.45) is 4.99 Å². The molecule has 2 rings (SSSR count). The molecule has 0 aromatic heterocycles. The van der Waals surface area contributed by atoms with Crippen molar-refractivity contribution in [2.75, 3.05) is 52.5 Å². The first kappa shape index (κ1) is 27.9. The standard InChI is InChI=1S/C18H25NO7S.Mg.H2O/c1-18(17(21)22)12-27-16(19-18)14-4-3-13(11-15(14)20)26-10-9-25-8-7-24-6-5-23-2;;/h3-4,11,20H,5-10,12H2,1-2H3,(H,21,22);;1H2/q;+2;/p-2/t18-;;/m1../s1. The molecule has 29 heavy (non-hydrogen) atoms. The normalized spacial score (nSPS) is 17.8. The second kappa shape index (κ2) is 14.0. The van der Waals surface area contributed by atoms with Crippen LogP contribution < -0.4 is 9.84 Å². The third kappa shape index (κ3) is 8.66. The molecular formula is C18H25MgNO8S. The SMILES string of the molecule is COCCOCCOCCOc1ccc(C2=N[C@@](C)(C(=O)[O-])CS2)c(O)c1.[Mg+2].[OH-]. The molecule has 2 N–H and O–H groups in total. The number of ether oxygens (including phenoxy) is 4. The van der Waals surface area contributed by atoms with Crippen molar-refractivity contribution < 1.29 is 39.4 Å². The van der Waals surface area contributed by atoms with E-state index in [0.29, 0.717) is 56.0 Å². The number of methoxy groups -OCH3 is 1. The number of carbonyl (C=O) groups is 1. The van der Waals surface area contributed by atoms with Crippen LogP contribution in [0.3, 0.4) is 0 Å². The Kier molecular flexibility index (Phi) is 13.5. The zero-order valence-electron chi connectivity index (χ0n) is 16.6. The van der Waals surface area contributed by atoms with Gasteiger partial charge in [0.25, 0.3) is 0 Å². The molecule has 1 heterocycles.